The van der Waals surface area contributed by atoms with Gasteiger partial charge in [0, 0.05) is 6.54 Å². The summed E-state index contributed by atoms with van der Waals surface area (Å²) < 4.78 is 10.7. The van der Waals surface area contributed by atoms with Gasteiger partial charge in [0.1, 0.15) is 0 Å². The predicted octanol–water partition coefficient (Wildman–Crippen LogP) is 3.23. The zero-order valence-corrected chi connectivity index (χ0v) is 14.7. The van der Waals surface area contributed by atoms with Gasteiger partial charge in [0.2, 0.25) is 0 Å². The van der Waals surface area contributed by atoms with Gasteiger partial charge >= 0.3 is 6.03 Å². The molecule has 2 aromatic rings. The van der Waals surface area contributed by atoms with Crippen LogP contribution >= 0.6 is 0 Å². The van der Waals surface area contributed by atoms with Gasteiger partial charge in [0.05, 0.1) is 20.3 Å². The molecular weight excluding hydrogens is 316 g/mol. The number of hydrogen-bond donors (Lipinski definition) is 2. The van der Waals surface area contributed by atoms with Crippen molar-refractivity contribution >= 4 is 6.03 Å². The van der Waals surface area contributed by atoms with E-state index in [2.05, 4.69) is 22.8 Å². The van der Waals surface area contributed by atoms with Crippen molar-refractivity contribution in [3.63, 3.8) is 0 Å². The molecule has 0 aliphatic heterocycles. The van der Waals surface area contributed by atoms with Crippen molar-refractivity contribution in [1.29, 1.82) is 0 Å². The van der Waals surface area contributed by atoms with Crippen molar-refractivity contribution in [2.75, 3.05) is 20.8 Å². The van der Waals surface area contributed by atoms with Crippen LogP contribution in [0.25, 0.3) is 0 Å². The maximum Gasteiger partial charge on any atom is 0.315 e. The second kappa shape index (κ2) is 7.92. The summed E-state index contributed by atoms with van der Waals surface area (Å²) in [5.41, 5.74) is 3.52. The minimum absolute atomic E-state index is 0.00605. The molecule has 1 aliphatic rings. The fourth-order valence-electron chi connectivity index (χ4n) is 3.26. The van der Waals surface area contributed by atoms with Gasteiger partial charge in [-0.25, -0.2) is 4.79 Å². The van der Waals surface area contributed by atoms with Crippen molar-refractivity contribution in [2.24, 2.45) is 0 Å². The fraction of sp³-hybridized carbons (Fsp3) is 0.350. The smallest absolute Gasteiger partial charge is 0.315 e. The summed E-state index contributed by atoms with van der Waals surface area (Å²) in [5.74, 6) is 1.42. The van der Waals surface area contributed by atoms with Crippen LogP contribution in [-0.2, 0) is 12.8 Å². The Morgan fingerprint density at radius 2 is 1.84 bits per heavy atom. The van der Waals surface area contributed by atoms with E-state index < -0.39 is 0 Å². The molecule has 0 unspecified atom stereocenters. The second-order valence-electron chi connectivity index (χ2n) is 6.13. The van der Waals surface area contributed by atoms with E-state index in [4.69, 9.17) is 9.47 Å². The molecule has 132 valence electrons. The molecule has 0 spiro atoms. The van der Waals surface area contributed by atoms with Crippen LogP contribution in [0.15, 0.2) is 42.5 Å². The van der Waals surface area contributed by atoms with E-state index in [0.29, 0.717) is 12.3 Å². The predicted molar refractivity (Wildman–Crippen MR) is 97.3 cm³/mol. The van der Waals surface area contributed by atoms with Gasteiger partial charge in [-0.15, -0.1) is 0 Å². The van der Waals surface area contributed by atoms with Crippen LogP contribution in [0.1, 0.15) is 29.2 Å². The number of nitrogens with one attached hydrogen (secondary N) is 2. The first-order chi connectivity index (χ1) is 12.2. The van der Waals surface area contributed by atoms with Gasteiger partial charge < -0.3 is 20.1 Å². The topological polar surface area (TPSA) is 59.6 Å². The van der Waals surface area contributed by atoms with Crippen molar-refractivity contribution in [3.8, 4) is 11.5 Å². The van der Waals surface area contributed by atoms with Gasteiger partial charge in [0.15, 0.2) is 11.5 Å². The number of benzene rings is 2. The van der Waals surface area contributed by atoms with E-state index >= 15 is 0 Å². The summed E-state index contributed by atoms with van der Waals surface area (Å²) in [6, 6.07) is 14.0. The number of aryl methyl sites for hydroxylation is 1. The molecule has 0 bridgehead atoms. The number of fused-ring (bicyclic) bond motifs is 1. The maximum atomic E-state index is 12.2. The third-order valence-corrected chi connectivity index (χ3v) is 4.57. The largest absolute Gasteiger partial charge is 0.493 e. The molecule has 0 radical (unpaired) electrons. The van der Waals surface area contributed by atoms with Crippen LogP contribution in [0.4, 0.5) is 4.79 Å². The first-order valence-corrected chi connectivity index (χ1v) is 8.54. The Kier molecular flexibility index (Phi) is 5.43. The Hall–Kier alpha value is -2.69. The Morgan fingerprint density at radius 1 is 1.12 bits per heavy atom. The van der Waals surface area contributed by atoms with Crippen LogP contribution in [-0.4, -0.2) is 26.8 Å². The van der Waals surface area contributed by atoms with Crippen molar-refractivity contribution in [1.82, 2.24) is 10.6 Å². The van der Waals surface area contributed by atoms with Crippen LogP contribution < -0.4 is 20.1 Å². The lowest BCUT2D eigenvalue weighted by molar-refractivity contribution is 0.237. The summed E-state index contributed by atoms with van der Waals surface area (Å²) in [6.45, 7) is 0.612. The van der Waals surface area contributed by atoms with E-state index in [1.807, 2.05) is 30.3 Å². The van der Waals surface area contributed by atoms with Gasteiger partial charge in [0.25, 0.3) is 0 Å². The fourth-order valence-corrected chi connectivity index (χ4v) is 3.26. The van der Waals surface area contributed by atoms with Crippen LogP contribution in [0, 0.1) is 0 Å². The van der Waals surface area contributed by atoms with Crippen LogP contribution in [0.3, 0.4) is 0 Å². The first kappa shape index (κ1) is 17.1. The van der Waals surface area contributed by atoms with Crippen LogP contribution in [0.5, 0.6) is 11.5 Å². The monoisotopic (exact) mass is 340 g/mol. The number of urea groups is 1. The zero-order chi connectivity index (χ0) is 17.6. The van der Waals surface area contributed by atoms with Crippen molar-refractivity contribution in [2.45, 2.75) is 25.3 Å². The van der Waals surface area contributed by atoms with E-state index in [1.165, 1.54) is 11.1 Å². The van der Waals surface area contributed by atoms with Gasteiger partial charge in [-0.05, 0) is 48.1 Å². The van der Waals surface area contributed by atoms with Gasteiger partial charge in [-0.1, -0.05) is 30.3 Å². The van der Waals surface area contributed by atoms with Gasteiger partial charge in [-0.3, -0.25) is 0 Å². The third-order valence-electron chi connectivity index (χ3n) is 4.57. The molecule has 0 aromatic heterocycles. The molecule has 0 saturated carbocycles. The summed E-state index contributed by atoms with van der Waals surface area (Å²) >= 11 is 0. The molecular formula is C20H24N2O3. The molecule has 0 heterocycles. The number of ether oxygens (including phenoxy) is 2. The highest BCUT2D eigenvalue weighted by Crippen LogP contribution is 2.39. The highest BCUT2D eigenvalue weighted by Gasteiger charge is 2.26. The summed E-state index contributed by atoms with van der Waals surface area (Å²) in [5, 5.41) is 6.00. The molecule has 5 heteroatoms. The van der Waals surface area contributed by atoms with E-state index in [0.717, 1.165) is 30.6 Å². The van der Waals surface area contributed by atoms with E-state index in [1.54, 1.807) is 14.2 Å². The number of amides is 2. The molecule has 2 aromatic carbocycles. The highest BCUT2D eigenvalue weighted by atomic mass is 16.5. The molecule has 2 amide bonds. The number of carbonyl (C=O) groups is 1. The average molecular weight is 340 g/mol. The molecule has 3 rings (SSSR count). The lowest BCUT2D eigenvalue weighted by Gasteiger charge is -2.16. The number of carbonyl (C=O) groups excluding carboxylic acids is 1. The Labute approximate surface area is 148 Å². The van der Waals surface area contributed by atoms with E-state index in [9.17, 15) is 4.79 Å². The van der Waals surface area contributed by atoms with Crippen LogP contribution in [0.2, 0.25) is 0 Å². The number of methoxy groups -OCH3 is 2. The van der Waals surface area contributed by atoms with Crippen molar-refractivity contribution < 1.29 is 14.3 Å². The SMILES string of the molecule is COc1cc2c(cc1OC)[C@@H](NC(=O)NCCc1ccccc1)CC2. The first-order valence-electron chi connectivity index (χ1n) is 8.54. The minimum atomic E-state index is -0.136. The van der Waals surface area contributed by atoms with Gasteiger partial charge in [-0.2, -0.15) is 0 Å². The quantitative estimate of drug-likeness (QED) is 0.849. The maximum absolute atomic E-state index is 12.2. The summed E-state index contributed by atoms with van der Waals surface area (Å²) in [7, 11) is 3.26. The molecule has 1 atom stereocenters. The lowest BCUT2D eigenvalue weighted by atomic mass is 10.1. The third kappa shape index (κ3) is 4.05. The highest BCUT2D eigenvalue weighted by molar-refractivity contribution is 5.74. The Bertz CT molecular complexity index is 731. The average Bonchev–Trinajstić information content (AvgIpc) is 3.03. The molecule has 0 fully saturated rings. The molecule has 0 saturated heterocycles. The molecule has 2 N–H and O–H groups in total. The van der Waals surface area contributed by atoms with E-state index in [-0.39, 0.29) is 12.1 Å². The molecule has 25 heavy (non-hydrogen) atoms. The summed E-state index contributed by atoms with van der Waals surface area (Å²) in [6.07, 6.45) is 2.63. The number of rotatable bonds is 6. The number of hydrogen-bond acceptors (Lipinski definition) is 3. The van der Waals surface area contributed by atoms with Crippen molar-refractivity contribution in [3.05, 3.63) is 59.2 Å². The standard InChI is InChI=1S/C20H24N2O3/c1-24-18-12-15-8-9-17(16(15)13-19(18)25-2)22-20(23)21-11-10-14-6-4-3-5-7-14/h3-7,12-13,17H,8-11H2,1-2H3,(H2,21,22,23)/t17-/m0/s1. The lowest BCUT2D eigenvalue weighted by Crippen LogP contribution is -2.38. The Morgan fingerprint density at radius 3 is 2.56 bits per heavy atom. The normalized spacial score (nSPS) is 15.4. The zero-order valence-electron chi connectivity index (χ0n) is 14.7. The molecule has 1 aliphatic carbocycles. The summed E-state index contributed by atoms with van der Waals surface area (Å²) in [4.78, 5) is 12.2. The molecule has 5 nitrogen and oxygen atoms in total. The Balaban J connectivity index is 1.57. The minimum Gasteiger partial charge on any atom is -0.493 e. The second-order valence-corrected chi connectivity index (χ2v) is 6.13.